The molecule has 0 fully saturated rings. The SMILES string of the molecule is CN(C)C.ClCCCCCCCl. The third kappa shape index (κ3) is 31.3. The van der Waals surface area contributed by atoms with Crippen molar-refractivity contribution >= 4 is 23.2 Å². The summed E-state index contributed by atoms with van der Waals surface area (Å²) in [6.07, 6.45) is 4.74. The van der Waals surface area contributed by atoms with E-state index in [2.05, 4.69) is 0 Å². The van der Waals surface area contributed by atoms with Gasteiger partial charge in [-0.2, -0.15) is 0 Å². The van der Waals surface area contributed by atoms with Gasteiger partial charge in [-0.05, 0) is 34.0 Å². The summed E-state index contributed by atoms with van der Waals surface area (Å²) in [5.41, 5.74) is 0. The van der Waals surface area contributed by atoms with Crippen molar-refractivity contribution < 1.29 is 0 Å². The normalized spacial score (nSPS) is 9.50. The second kappa shape index (κ2) is 14.1. The Labute approximate surface area is 87.0 Å². The van der Waals surface area contributed by atoms with Gasteiger partial charge in [-0.15, -0.1) is 23.2 Å². The number of hydrogen-bond donors (Lipinski definition) is 0. The molecule has 0 aliphatic heterocycles. The Morgan fingerprint density at radius 2 is 1.00 bits per heavy atom. The van der Waals surface area contributed by atoms with Gasteiger partial charge in [-0.3, -0.25) is 0 Å². The van der Waals surface area contributed by atoms with Crippen molar-refractivity contribution in [1.29, 1.82) is 0 Å². The van der Waals surface area contributed by atoms with Gasteiger partial charge in [-0.1, -0.05) is 12.8 Å². The van der Waals surface area contributed by atoms with Gasteiger partial charge in [-0.25, -0.2) is 0 Å². The van der Waals surface area contributed by atoms with Crippen molar-refractivity contribution in [3.63, 3.8) is 0 Å². The first-order valence-electron chi connectivity index (χ1n) is 4.38. The molecule has 3 heteroatoms. The lowest BCUT2D eigenvalue weighted by atomic mass is 10.2. The first-order valence-corrected chi connectivity index (χ1v) is 5.45. The molecular weight excluding hydrogens is 193 g/mol. The Hall–Kier alpha value is 0.540. The second-order valence-corrected chi connectivity index (χ2v) is 3.89. The van der Waals surface area contributed by atoms with Crippen LogP contribution in [0.15, 0.2) is 0 Å². The van der Waals surface area contributed by atoms with Crippen molar-refractivity contribution in [2.75, 3.05) is 32.9 Å². The van der Waals surface area contributed by atoms with Crippen LogP contribution in [0.2, 0.25) is 0 Å². The van der Waals surface area contributed by atoms with E-state index in [0.717, 1.165) is 24.6 Å². The number of nitrogens with zero attached hydrogens (tertiary/aromatic N) is 1. The largest absolute Gasteiger partial charge is 0.312 e. The van der Waals surface area contributed by atoms with E-state index in [9.17, 15) is 0 Å². The minimum atomic E-state index is 0.794. The molecule has 0 radical (unpaired) electrons. The Morgan fingerprint density at radius 3 is 1.17 bits per heavy atom. The van der Waals surface area contributed by atoms with E-state index in [1.54, 1.807) is 0 Å². The summed E-state index contributed by atoms with van der Waals surface area (Å²) in [5, 5.41) is 0. The molecule has 0 saturated heterocycles. The molecule has 0 aliphatic carbocycles. The molecule has 0 spiro atoms. The fourth-order valence-corrected chi connectivity index (χ4v) is 0.921. The van der Waals surface area contributed by atoms with E-state index in [1.165, 1.54) is 12.8 Å². The standard InChI is InChI=1S/C6H12Cl2.C3H9N/c7-5-3-1-2-4-6-8;1-4(2)3/h1-6H2;1-3H3. The summed E-state index contributed by atoms with van der Waals surface area (Å²) < 4.78 is 0. The van der Waals surface area contributed by atoms with Gasteiger partial charge >= 0.3 is 0 Å². The van der Waals surface area contributed by atoms with Gasteiger partial charge in [0.15, 0.2) is 0 Å². The van der Waals surface area contributed by atoms with Crippen LogP contribution < -0.4 is 0 Å². The molecule has 0 unspecified atom stereocenters. The minimum absolute atomic E-state index is 0.794. The van der Waals surface area contributed by atoms with Crippen LogP contribution >= 0.6 is 23.2 Å². The monoisotopic (exact) mass is 213 g/mol. The number of alkyl halides is 2. The van der Waals surface area contributed by atoms with Crippen LogP contribution in [0.25, 0.3) is 0 Å². The van der Waals surface area contributed by atoms with Crippen LogP contribution in [0.4, 0.5) is 0 Å². The molecule has 0 aliphatic rings. The highest BCUT2D eigenvalue weighted by molar-refractivity contribution is 6.18. The Kier molecular flexibility index (Phi) is 17.6. The number of rotatable bonds is 5. The number of halogens is 2. The highest BCUT2D eigenvalue weighted by Crippen LogP contribution is 2.01. The summed E-state index contributed by atoms with van der Waals surface area (Å²) in [7, 11) is 6.00. The van der Waals surface area contributed by atoms with Gasteiger partial charge in [0.1, 0.15) is 0 Å². The fraction of sp³-hybridized carbons (Fsp3) is 1.00. The molecule has 0 aromatic heterocycles. The van der Waals surface area contributed by atoms with Gasteiger partial charge < -0.3 is 4.90 Å². The third-order valence-corrected chi connectivity index (χ3v) is 1.55. The zero-order valence-corrected chi connectivity index (χ0v) is 9.96. The topological polar surface area (TPSA) is 3.24 Å². The van der Waals surface area contributed by atoms with Crippen LogP contribution in [-0.2, 0) is 0 Å². The van der Waals surface area contributed by atoms with Gasteiger partial charge in [0.2, 0.25) is 0 Å². The summed E-state index contributed by atoms with van der Waals surface area (Å²) in [6.45, 7) is 0. The van der Waals surface area contributed by atoms with Crippen LogP contribution in [0.5, 0.6) is 0 Å². The molecule has 0 aromatic rings. The molecule has 0 N–H and O–H groups in total. The summed E-state index contributed by atoms with van der Waals surface area (Å²) in [6, 6.07) is 0. The first kappa shape index (κ1) is 15.0. The lowest BCUT2D eigenvalue weighted by molar-refractivity contribution is 0.505. The van der Waals surface area contributed by atoms with Crippen molar-refractivity contribution in [1.82, 2.24) is 4.90 Å². The molecule has 0 rings (SSSR count). The Bertz CT molecular complexity index is 58.8. The maximum Gasteiger partial charge on any atom is 0.0223 e. The van der Waals surface area contributed by atoms with E-state index in [0.29, 0.717) is 0 Å². The summed E-state index contributed by atoms with van der Waals surface area (Å²) in [4.78, 5) is 2.00. The third-order valence-electron chi connectivity index (χ3n) is 1.02. The first-order chi connectivity index (χ1) is 5.65. The minimum Gasteiger partial charge on any atom is -0.312 e. The van der Waals surface area contributed by atoms with Crippen LogP contribution in [0.1, 0.15) is 25.7 Å². The van der Waals surface area contributed by atoms with Crippen molar-refractivity contribution in [2.45, 2.75) is 25.7 Å². The highest BCUT2D eigenvalue weighted by atomic mass is 35.5. The smallest absolute Gasteiger partial charge is 0.0223 e. The number of hydrogen-bond acceptors (Lipinski definition) is 1. The van der Waals surface area contributed by atoms with E-state index < -0.39 is 0 Å². The maximum absolute atomic E-state index is 5.45. The van der Waals surface area contributed by atoms with E-state index >= 15 is 0 Å². The van der Waals surface area contributed by atoms with E-state index in [1.807, 2.05) is 26.0 Å². The molecular formula is C9H21Cl2N. The fourth-order valence-electron chi connectivity index (χ4n) is 0.543. The van der Waals surface area contributed by atoms with Crippen molar-refractivity contribution in [3.8, 4) is 0 Å². The van der Waals surface area contributed by atoms with Gasteiger partial charge in [0, 0.05) is 11.8 Å². The molecule has 1 nitrogen and oxygen atoms in total. The van der Waals surface area contributed by atoms with Gasteiger partial charge in [0.05, 0.1) is 0 Å². The molecule has 0 bridgehead atoms. The highest BCUT2D eigenvalue weighted by Gasteiger charge is 1.85. The molecule has 12 heavy (non-hydrogen) atoms. The lowest BCUT2D eigenvalue weighted by Gasteiger charge is -1.92. The van der Waals surface area contributed by atoms with Crippen molar-refractivity contribution in [3.05, 3.63) is 0 Å². The average molecular weight is 214 g/mol. The zero-order valence-electron chi connectivity index (χ0n) is 8.45. The maximum atomic E-state index is 5.45. The van der Waals surface area contributed by atoms with Gasteiger partial charge in [0.25, 0.3) is 0 Å². The summed E-state index contributed by atoms with van der Waals surface area (Å²) in [5.74, 6) is 1.59. The predicted octanol–water partition coefficient (Wildman–Crippen LogP) is 3.20. The van der Waals surface area contributed by atoms with E-state index in [4.69, 9.17) is 23.2 Å². The van der Waals surface area contributed by atoms with Crippen LogP contribution in [-0.4, -0.2) is 37.8 Å². The Morgan fingerprint density at radius 1 is 0.750 bits per heavy atom. The van der Waals surface area contributed by atoms with Crippen LogP contribution in [0, 0.1) is 0 Å². The number of unbranched alkanes of at least 4 members (excludes halogenated alkanes) is 3. The molecule has 0 heterocycles. The van der Waals surface area contributed by atoms with Crippen molar-refractivity contribution in [2.24, 2.45) is 0 Å². The molecule has 0 amide bonds. The Balaban J connectivity index is 0. The quantitative estimate of drug-likeness (QED) is 0.501. The average Bonchev–Trinajstić information content (AvgIpc) is 1.97. The van der Waals surface area contributed by atoms with E-state index in [-0.39, 0.29) is 0 Å². The molecule has 0 saturated carbocycles. The molecule has 0 atom stereocenters. The second-order valence-electron chi connectivity index (χ2n) is 3.13. The summed E-state index contributed by atoms with van der Waals surface area (Å²) >= 11 is 10.9. The molecule has 76 valence electrons. The zero-order chi connectivity index (χ0) is 9.82. The lowest BCUT2D eigenvalue weighted by Crippen LogP contribution is -1.99. The molecule has 0 aromatic carbocycles. The predicted molar refractivity (Wildman–Crippen MR) is 59.5 cm³/mol. The van der Waals surface area contributed by atoms with Crippen LogP contribution in [0.3, 0.4) is 0 Å².